The number of carbonyl (C=O) groups is 1. The summed E-state index contributed by atoms with van der Waals surface area (Å²) in [4.78, 5) is 14.1. The van der Waals surface area contributed by atoms with Gasteiger partial charge in [0.05, 0.1) is 11.4 Å². The molecule has 0 bridgehead atoms. The molecule has 1 aliphatic heterocycles. The van der Waals surface area contributed by atoms with Gasteiger partial charge in [-0.2, -0.15) is 5.10 Å². The van der Waals surface area contributed by atoms with Gasteiger partial charge in [-0.3, -0.25) is 14.4 Å². The monoisotopic (exact) mass is 249 g/mol. The number of carbonyl (C=O) groups excluding carboxylic acids is 1. The lowest BCUT2D eigenvalue weighted by Gasteiger charge is -2.31. The van der Waals surface area contributed by atoms with Gasteiger partial charge in [0.15, 0.2) is 0 Å². The van der Waals surface area contributed by atoms with Crippen molar-refractivity contribution < 1.29 is 4.79 Å². The average Bonchev–Trinajstić information content (AvgIpc) is 2.72. The highest BCUT2D eigenvalue weighted by Crippen LogP contribution is 2.18. The van der Waals surface area contributed by atoms with E-state index in [1.165, 1.54) is 5.69 Å². The fraction of sp³-hybridized carbons (Fsp3) is 0.714. The third-order valence-electron chi connectivity index (χ3n) is 3.88. The van der Waals surface area contributed by atoms with Gasteiger partial charge in [-0.1, -0.05) is 13.8 Å². The summed E-state index contributed by atoms with van der Waals surface area (Å²) >= 11 is 0. The molecule has 0 saturated carbocycles. The molecule has 0 spiro atoms. The second-order valence-electron chi connectivity index (χ2n) is 5.16. The van der Waals surface area contributed by atoms with Crippen LogP contribution in [0, 0.1) is 5.92 Å². The Balaban J connectivity index is 2.00. The highest BCUT2D eigenvalue weighted by atomic mass is 16.1. The zero-order valence-electron chi connectivity index (χ0n) is 11.6. The quantitative estimate of drug-likeness (QED) is 0.816. The SMILES string of the molecule is CCc1cc(CN2CCC(=O)C(CC)C2)n(C)n1. The van der Waals surface area contributed by atoms with Crippen LogP contribution >= 0.6 is 0 Å². The first-order chi connectivity index (χ1) is 8.63. The highest BCUT2D eigenvalue weighted by Gasteiger charge is 2.26. The molecule has 1 aliphatic rings. The highest BCUT2D eigenvalue weighted by molar-refractivity contribution is 5.82. The Hall–Kier alpha value is -1.16. The lowest BCUT2D eigenvalue weighted by atomic mass is 9.94. The van der Waals surface area contributed by atoms with Crippen LogP contribution in [0.5, 0.6) is 0 Å². The molecule has 4 heteroatoms. The van der Waals surface area contributed by atoms with E-state index in [0.29, 0.717) is 12.2 Å². The Labute approximate surface area is 109 Å². The molecule has 1 unspecified atom stereocenters. The molecule has 100 valence electrons. The summed E-state index contributed by atoms with van der Waals surface area (Å²) in [6.45, 7) is 6.93. The van der Waals surface area contributed by atoms with Gasteiger partial charge in [-0.25, -0.2) is 0 Å². The number of hydrogen-bond acceptors (Lipinski definition) is 3. The maximum absolute atomic E-state index is 11.7. The van der Waals surface area contributed by atoms with E-state index < -0.39 is 0 Å². The molecule has 2 heterocycles. The first-order valence-electron chi connectivity index (χ1n) is 6.90. The van der Waals surface area contributed by atoms with E-state index in [0.717, 1.165) is 38.2 Å². The summed E-state index contributed by atoms with van der Waals surface area (Å²) in [6.07, 6.45) is 2.64. The van der Waals surface area contributed by atoms with Gasteiger partial charge in [0.25, 0.3) is 0 Å². The zero-order chi connectivity index (χ0) is 13.1. The minimum absolute atomic E-state index is 0.234. The van der Waals surface area contributed by atoms with Crippen molar-refractivity contribution in [3.63, 3.8) is 0 Å². The number of nitrogens with zero attached hydrogens (tertiary/aromatic N) is 3. The molecule has 0 amide bonds. The van der Waals surface area contributed by atoms with Gasteiger partial charge in [0.1, 0.15) is 5.78 Å². The van der Waals surface area contributed by atoms with Crippen molar-refractivity contribution in [2.45, 2.75) is 39.7 Å². The van der Waals surface area contributed by atoms with E-state index >= 15 is 0 Å². The van der Waals surface area contributed by atoms with Gasteiger partial charge in [-0.05, 0) is 18.9 Å². The van der Waals surface area contributed by atoms with Crippen LogP contribution in [0.25, 0.3) is 0 Å². The van der Waals surface area contributed by atoms with Crippen molar-refractivity contribution >= 4 is 5.78 Å². The van der Waals surface area contributed by atoms with E-state index in [9.17, 15) is 4.79 Å². The van der Waals surface area contributed by atoms with Crippen LogP contribution in [-0.4, -0.2) is 33.6 Å². The number of hydrogen-bond donors (Lipinski definition) is 0. The first kappa shape index (κ1) is 13.3. The predicted molar refractivity (Wildman–Crippen MR) is 71.3 cm³/mol. The zero-order valence-corrected chi connectivity index (χ0v) is 11.6. The fourth-order valence-corrected chi connectivity index (χ4v) is 2.60. The summed E-state index contributed by atoms with van der Waals surface area (Å²) in [5.74, 6) is 0.672. The summed E-state index contributed by atoms with van der Waals surface area (Å²) in [5, 5.41) is 4.47. The Morgan fingerprint density at radius 1 is 1.44 bits per heavy atom. The molecule has 4 nitrogen and oxygen atoms in total. The molecule has 1 aromatic rings. The first-order valence-corrected chi connectivity index (χ1v) is 6.90. The number of piperidine rings is 1. The molecule has 0 N–H and O–H groups in total. The summed E-state index contributed by atoms with van der Waals surface area (Å²) in [6, 6.07) is 2.18. The van der Waals surface area contributed by atoms with Crippen molar-refractivity contribution in [1.82, 2.24) is 14.7 Å². The lowest BCUT2D eigenvalue weighted by molar-refractivity contribution is -0.126. The number of rotatable bonds is 4. The van der Waals surface area contributed by atoms with Gasteiger partial charge >= 0.3 is 0 Å². The van der Waals surface area contributed by atoms with Crippen LogP contribution in [0.2, 0.25) is 0 Å². The maximum Gasteiger partial charge on any atom is 0.138 e. The van der Waals surface area contributed by atoms with Gasteiger partial charge < -0.3 is 0 Å². The number of likely N-dealkylation sites (tertiary alicyclic amines) is 1. The minimum atomic E-state index is 0.234. The minimum Gasteiger partial charge on any atom is -0.299 e. The van der Waals surface area contributed by atoms with E-state index in [1.54, 1.807) is 0 Å². The molecule has 18 heavy (non-hydrogen) atoms. The third kappa shape index (κ3) is 2.80. The van der Waals surface area contributed by atoms with E-state index in [2.05, 4.69) is 29.9 Å². The number of aryl methyl sites for hydroxylation is 2. The average molecular weight is 249 g/mol. The van der Waals surface area contributed by atoms with Crippen molar-refractivity contribution in [3.8, 4) is 0 Å². The molecule has 1 atom stereocenters. The number of Topliss-reactive ketones (excluding diaryl/α,β-unsaturated/α-hetero) is 1. The molecule has 0 aliphatic carbocycles. The van der Waals surface area contributed by atoms with Crippen molar-refractivity contribution in [1.29, 1.82) is 0 Å². The predicted octanol–water partition coefficient (Wildman–Crippen LogP) is 1.78. The topological polar surface area (TPSA) is 38.1 Å². The van der Waals surface area contributed by atoms with E-state index in [4.69, 9.17) is 0 Å². The Kier molecular flexibility index (Phi) is 4.17. The smallest absolute Gasteiger partial charge is 0.138 e. The van der Waals surface area contributed by atoms with Crippen molar-refractivity contribution in [2.24, 2.45) is 13.0 Å². The van der Waals surface area contributed by atoms with Crippen LogP contribution in [0.15, 0.2) is 6.07 Å². The van der Waals surface area contributed by atoms with Crippen LogP contribution < -0.4 is 0 Å². The Morgan fingerprint density at radius 2 is 2.22 bits per heavy atom. The summed E-state index contributed by atoms with van der Waals surface area (Å²) in [7, 11) is 2.00. The van der Waals surface area contributed by atoms with Crippen LogP contribution in [0.4, 0.5) is 0 Å². The third-order valence-corrected chi connectivity index (χ3v) is 3.88. The Morgan fingerprint density at radius 3 is 2.83 bits per heavy atom. The molecule has 1 aromatic heterocycles. The van der Waals surface area contributed by atoms with Crippen molar-refractivity contribution in [2.75, 3.05) is 13.1 Å². The normalized spacial score (nSPS) is 21.5. The number of ketones is 1. The molecule has 1 fully saturated rings. The molecule has 0 aromatic carbocycles. The second-order valence-corrected chi connectivity index (χ2v) is 5.16. The molecular weight excluding hydrogens is 226 g/mol. The maximum atomic E-state index is 11.7. The lowest BCUT2D eigenvalue weighted by Crippen LogP contribution is -2.40. The molecule has 2 rings (SSSR count). The summed E-state index contributed by atoms with van der Waals surface area (Å²) in [5.41, 5.74) is 2.39. The number of aromatic nitrogens is 2. The molecular formula is C14H23N3O. The molecule has 0 radical (unpaired) electrons. The fourth-order valence-electron chi connectivity index (χ4n) is 2.60. The van der Waals surface area contributed by atoms with Gasteiger partial charge in [0.2, 0.25) is 0 Å². The van der Waals surface area contributed by atoms with E-state index in [-0.39, 0.29) is 5.92 Å². The standard InChI is InChI=1S/C14H23N3O/c1-4-11-9-17(7-6-14(11)18)10-13-8-12(5-2)15-16(13)3/h8,11H,4-7,9-10H2,1-3H3. The van der Waals surface area contributed by atoms with Crippen LogP contribution in [-0.2, 0) is 24.8 Å². The van der Waals surface area contributed by atoms with Gasteiger partial charge in [-0.15, -0.1) is 0 Å². The van der Waals surface area contributed by atoms with Crippen molar-refractivity contribution in [3.05, 3.63) is 17.5 Å². The van der Waals surface area contributed by atoms with Crippen LogP contribution in [0.3, 0.4) is 0 Å². The Bertz CT molecular complexity index is 425. The van der Waals surface area contributed by atoms with E-state index in [1.807, 2.05) is 11.7 Å². The van der Waals surface area contributed by atoms with Gasteiger partial charge in [0, 0.05) is 39.0 Å². The summed E-state index contributed by atoms with van der Waals surface area (Å²) < 4.78 is 1.97. The molecule has 1 saturated heterocycles. The second kappa shape index (κ2) is 5.65. The van der Waals surface area contributed by atoms with Crippen LogP contribution in [0.1, 0.15) is 38.1 Å². The largest absolute Gasteiger partial charge is 0.299 e.